The summed E-state index contributed by atoms with van der Waals surface area (Å²) in [6.45, 7) is 5.38. The molecule has 6 heteroatoms. The largest absolute Gasteiger partial charge is 0.505 e. The van der Waals surface area contributed by atoms with Crippen molar-refractivity contribution in [3.63, 3.8) is 0 Å². The van der Waals surface area contributed by atoms with Gasteiger partial charge in [-0.3, -0.25) is 9.59 Å². The second-order valence-electron chi connectivity index (χ2n) is 4.31. The van der Waals surface area contributed by atoms with Crippen molar-refractivity contribution in [2.24, 2.45) is 0 Å². The molecule has 0 unspecified atom stereocenters. The predicted molar refractivity (Wildman–Crippen MR) is 74.2 cm³/mol. The van der Waals surface area contributed by atoms with Crippen LogP contribution in [0.1, 0.15) is 36.2 Å². The maximum atomic E-state index is 12.3. The summed E-state index contributed by atoms with van der Waals surface area (Å²) in [6, 6.07) is 0. The Morgan fingerprint density at radius 3 is 2.79 bits per heavy atom. The van der Waals surface area contributed by atoms with Crippen molar-refractivity contribution in [3.8, 4) is 5.75 Å². The van der Waals surface area contributed by atoms with E-state index in [1.165, 1.54) is 18.3 Å². The third-order valence-corrected chi connectivity index (χ3v) is 3.87. The summed E-state index contributed by atoms with van der Waals surface area (Å²) >= 11 is 1.29. The molecular formula is C13H15NO4S. The first kappa shape index (κ1) is 13.6. The monoisotopic (exact) mass is 281 g/mol. The highest BCUT2D eigenvalue weighted by atomic mass is 32.1. The smallest absolute Gasteiger partial charge is 0.298 e. The standard InChI is InChI=1S/C13H15NO4S/c1-4-5-18-14-10-7(2)6-19-12(10)11(16)9(8(3)15)13(14)17/h6,16H,4-5H2,1-3H3. The van der Waals surface area contributed by atoms with Crippen LogP contribution in [0.5, 0.6) is 5.75 Å². The fourth-order valence-corrected chi connectivity index (χ4v) is 2.87. The minimum Gasteiger partial charge on any atom is -0.505 e. The Hall–Kier alpha value is -1.82. The number of rotatable bonds is 4. The molecule has 0 fully saturated rings. The number of nitrogens with zero attached hydrogens (tertiary/aromatic N) is 1. The number of aryl methyl sites for hydroxylation is 1. The Morgan fingerprint density at radius 1 is 1.53 bits per heavy atom. The fraction of sp³-hybridized carbons (Fsp3) is 0.385. The van der Waals surface area contributed by atoms with E-state index in [0.717, 1.165) is 16.7 Å². The molecule has 0 amide bonds. The number of pyridine rings is 1. The van der Waals surface area contributed by atoms with Gasteiger partial charge in [0, 0.05) is 0 Å². The van der Waals surface area contributed by atoms with Gasteiger partial charge in [0.15, 0.2) is 11.5 Å². The van der Waals surface area contributed by atoms with E-state index in [1.807, 2.05) is 19.2 Å². The van der Waals surface area contributed by atoms with Crippen LogP contribution < -0.4 is 10.4 Å². The van der Waals surface area contributed by atoms with Crippen LogP contribution in [0.3, 0.4) is 0 Å². The molecule has 0 aliphatic carbocycles. The van der Waals surface area contributed by atoms with E-state index in [0.29, 0.717) is 16.8 Å². The zero-order valence-corrected chi connectivity index (χ0v) is 11.8. The second-order valence-corrected chi connectivity index (χ2v) is 5.19. The highest BCUT2D eigenvalue weighted by Gasteiger charge is 2.22. The number of aromatic nitrogens is 1. The highest BCUT2D eigenvalue weighted by Crippen LogP contribution is 2.33. The maximum absolute atomic E-state index is 12.3. The SMILES string of the molecule is CCCOn1c(=O)c(C(C)=O)c(O)c2scc(C)c21. The van der Waals surface area contributed by atoms with Crippen molar-refractivity contribution >= 4 is 27.3 Å². The van der Waals surface area contributed by atoms with Gasteiger partial charge in [0.2, 0.25) is 0 Å². The van der Waals surface area contributed by atoms with E-state index >= 15 is 0 Å². The minimum atomic E-state index is -0.604. The number of hydrogen-bond donors (Lipinski definition) is 1. The van der Waals surface area contributed by atoms with Crippen molar-refractivity contribution in [1.82, 2.24) is 4.73 Å². The molecule has 19 heavy (non-hydrogen) atoms. The molecule has 0 bridgehead atoms. The quantitative estimate of drug-likeness (QED) is 0.872. The predicted octanol–water partition coefficient (Wildman–Crippen LogP) is 2.12. The van der Waals surface area contributed by atoms with Gasteiger partial charge in [-0.1, -0.05) is 6.92 Å². The average Bonchev–Trinajstić information content (AvgIpc) is 2.71. The Bertz CT molecular complexity index is 699. The Morgan fingerprint density at radius 2 is 2.21 bits per heavy atom. The summed E-state index contributed by atoms with van der Waals surface area (Å²) in [7, 11) is 0. The van der Waals surface area contributed by atoms with Gasteiger partial charge in [0.25, 0.3) is 5.56 Å². The van der Waals surface area contributed by atoms with E-state index in [2.05, 4.69) is 0 Å². The molecule has 1 N–H and O–H groups in total. The molecular weight excluding hydrogens is 266 g/mol. The topological polar surface area (TPSA) is 68.5 Å². The number of thiophene rings is 1. The van der Waals surface area contributed by atoms with E-state index in [4.69, 9.17) is 4.84 Å². The van der Waals surface area contributed by atoms with Gasteiger partial charge in [-0.05, 0) is 31.2 Å². The molecule has 5 nitrogen and oxygen atoms in total. The van der Waals surface area contributed by atoms with Gasteiger partial charge in [0.1, 0.15) is 17.7 Å². The Balaban J connectivity index is 2.86. The van der Waals surface area contributed by atoms with Crippen LogP contribution in [0.25, 0.3) is 10.2 Å². The molecule has 2 aromatic rings. The summed E-state index contributed by atoms with van der Waals surface area (Å²) in [6.07, 6.45) is 0.743. The van der Waals surface area contributed by atoms with Crippen molar-refractivity contribution in [2.75, 3.05) is 6.61 Å². The third kappa shape index (κ3) is 2.12. The van der Waals surface area contributed by atoms with E-state index in [1.54, 1.807) is 0 Å². The number of carbonyl (C=O) groups excluding carboxylic acids is 1. The number of aromatic hydroxyl groups is 1. The molecule has 0 atom stereocenters. The lowest BCUT2D eigenvalue weighted by Gasteiger charge is -2.12. The number of carbonyl (C=O) groups is 1. The molecule has 2 aromatic heterocycles. The van der Waals surface area contributed by atoms with Crippen molar-refractivity contribution < 1.29 is 14.7 Å². The van der Waals surface area contributed by atoms with E-state index in [9.17, 15) is 14.7 Å². The second kappa shape index (κ2) is 5.05. The van der Waals surface area contributed by atoms with Crippen LogP contribution >= 0.6 is 11.3 Å². The number of hydrogen-bond acceptors (Lipinski definition) is 5. The fourth-order valence-electron chi connectivity index (χ4n) is 1.90. The van der Waals surface area contributed by atoms with Gasteiger partial charge in [-0.15, -0.1) is 16.1 Å². The van der Waals surface area contributed by atoms with Crippen molar-refractivity contribution in [3.05, 3.63) is 26.9 Å². The molecule has 0 saturated carbocycles. The first-order valence-electron chi connectivity index (χ1n) is 5.99. The lowest BCUT2D eigenvalue weighted by Crippen LogP contribution is -2.31. The Labute approximate surface area is 114 Å². The number of Topliss-reactive ketones (excluding diaryl/α,β-unsaturated/α-hetero) is 1. The number of ketones is 1. The van der Waals surface area contributed by atoms with E-state index in [-0.39, 0.29) is 11.3 Å². The Kier molecular flexibility index (Phi) is 3.61. The van der Waals surface area contributed by atoms with Gasteiger partial charge in [-0.25, -0.2) is 0 Å². The average molecular weight is 281 g/mol. The molecule has 0 aromatic carbocycles. The van der Waals surface area contributed by atoms with Gasteiger partial charge in [-0.2, -0.15) is 0 Å². The first-order valence-corrected chi connectivity index (χ1v) is 6.87. The van der Waals surface area contributed by atoms with Crippen LogP contribution in [-0.2, 0) is 0 Å². The lowest BCUT2D eigenvalue weighted by molar-refractivity contribution is 0.0978. The van der Waals surface area contributed by atoms with Crippen LogP contribution in [0.15, 0.2) is 10.2 Å². The van der Waals surface area contributed by atoms with Crippen LogP contribution in [0.4, 0.5) is 0 Å². The zero-order valence-electron chi connectivity index (χ0n) is 11.0. The summed E-state index contributed by atoms with van der Waals surface area (Å²) in [4.78, 5) is 29.2. The zero-order chi connectivity index (χ0) is 14.2. The minimum absolute atomic E-state index is 0.217. The molecule has 0 aliphatic rings. The molecule has 2 heterocycles. The summed E-state index contributed by atoms with van der Waals surface area (Å²) < 4.78 is 1.62. The normalized spacial score (nSPS) is 10.9. The summed E-state index contributed by atoms with van der Waals surface area (Å²) in [5.74, 6) is -0.716. The molecule has 0 radical (unpaired) electrons. The number of fused-ring (bicyclic) bond motifs is 1. The molecule has 0 spiro atoms. The maximum Gasteiger partial charge on any atom is 0.298 e. The lowest BCUT2D eigenvalue weighted by atomic mass is 10.1. The molecule has 102 valence electrons. The van der Waals surface area contributed by atoms with Gasteiger partial charge < -0.3 is 9.94 Å². The third-order valence-electron chi connectivity index (χ3n) is 2.77. The van der Waals surface area contributed by atoms with E-state index < -0.39 is 11.3 Å². The summed E-state index contributed by atoms with van der Waals surface area (Å²) in [5, 5.41) is 11.9. The van der Waals surface area contributed by atoms with Crippen molar-refractivity contribution in [2.45, 2.75) is 27.2 Å². The molecule has 0 aliphatic heterocycles. The van der Waals surface area contributed by atoms with Crippen LogP contribution in [0, 0.1) is 6.92 Å². The molecule has 0 saturated heterocycles. The van der Waals surface area contributed by atoms with Crippen LogP contribution in [0.2, 0.25) is 0 Å². The van der Waals surface area contributed by atoms with Crippen LogP contribution in [-0.4, -0.2) is 22.2 Å². The summed E-state index contributed by atoms with van der Waals surface area (Å²) in [5.41, 5.74) is 0.544. The van der Waals surface area contributed by atoms with Gasteiger partial charge >= 0.3 is 0 Å². The first-order chi connectivity index (χ1) is 8.99. The van der Waals surface area contributed by atoms with Gasteiger partial charge in [0.05, 0.1) is 4.70 Å². The highest BCUT2D eigenvalue weighted by molar-refractivity contribution is 7.17. The van der Waals surface area contributed by atoms with Crippen molar-refractivity contribution in [1.29, 1.82) is 0 Å². The molecule has 2 rings (SSSR count).